The molecule has 7 heteroatoms. The molecule has 150 valence electrons. The largest absolute Gasteiger partial charge is 0.504 e. The molecule has 4 rings (SSSR count). The van der Waals surface area contributed by atoms with E-state index in [1.807, 2.05) is 16.8 Å². The number of phenols is 2. The fraction of sp³-hybridized carbons (Fsp3) is 0.273. The summed E-state index contributed by atoms with van der Waals surface area (Å²) in [5.41, 5.74) is 2.72. The SMILES string of the molecule is Oc1ccc(C=Nn2c(-c3ccc(Br)cc3)csc2=NC2CCCCC2)cc1O. The van der Waals surface area contributed by atoms with Gasteiger partial charge in [0, 0.05) is 15.4 Å². The lowest BCUT2D eigenvalue weighted by Gasteiger charge is -2.16. The van der Waals surface area contributed by atoms with Crippen molar-refractivity contribution in [2.24, 2.45) is 10.1 Å². The Morgan fingerprint density at radius 1 is 1.00 bits per heavy atom. The average Bonchev–Trinajstić information content (AvgIpc) is 3.12. The highest BCUT2D eigenvalue weighted by Gasteiger charge is 2.14. The second-order valence-corrected chi connectivity index (χ2v) is 8.89. The molecule has 1 fully saturated rings. The number of phenolic OH excluding ortho intramolecular Hbond substituents is 2. The third-order valence-corrected chi connectivity index (χ3v) is 6.37. The van der Waals surface area contributed by atoms with Crippen LogP contribution >= 0.6 is 27.3 Å². The first-order valence-electron chi connectivity index (χ1n) is 9.67. The van der Waals surface area contributed by atoms with Crippen molar-refractivity contribution in [2.75, 3.05) is 0 Å². The number of halogens is 1. The predicted octanol–water partition coefficient (Wildman–Crippen LogP) is 5.51. The van der Waals surface area contributed by atoms with Crippen molar-refractivity contribution in [1.29, 1.82) is 0 Å². The molecule has 5 nitrogen and oxygen atoms in total. The van der Waals surface area contributed by atoms with E-state index >= 15 is 0 Å². The first-order valence-corrected chi connectivity index (χ1v) is 11.3. The molecule has 3 aromatic rings. The molecule has 0 radical (unpaired) electrons. The van der Waals surface area contributed by atoms with Crippen molar-refractivity contribution in [3.63, 3.8) is 0 Å². The van der Waals surface area contributed by atoms with Gasteiger partial charge in [-0.25, -0.2) is 4.68 Å². The Hall–Kier alpha value is -2.38. The Kier molecular flexibility index (Phi) is 6.16. The minimum atomic E-state index is -0.162. The van der Waals surface area contributed by atoms with E-state index in [0.717, 1.165) is 33.4 Å². The number of hydrogen-bond donors (Lipinski definition) is 2. The van der Waals surface area contributed by atoms with Crippen LogP contribution in [-0.4, -0.2) is 27.1 Å². The average molecular weight is 472 g/mol. The van der Waals surface area contributed by atoms with Gasteiger partial charge in [0.15, 0.2) is 11.5 Å². The highest BCUT2D eigenvalue weighted by Crippen LogP contribution is 2.25. The maximum Gasteiger partial charge on any atom is 0.206 e. The molecule has 1 aliphatic rings. The minimum absolute atomic E-state index is 0.145. The highest BCUT2D eigenvalue weighted by atomic mass is 79.9. The summed E-state index contributed by atoms with van der Waals surface area (Å²) >= 11 is 5.08. The van der Waals surface area contributed by atoms with Gasteiger partial charge in [-0.05, 0) is 48.7 Å². The zero-order chi connectivity index (χ0) is 20.2. The zero-order valence-corrected chi connectivity index (χ0v) is 18.2. The van der Waals surface area contributed by atoms with Gasteiger partial charge in [-0.15, -0.1) is 11.3 Å². The van der Waals surface area contributed by atoms with E-state index in [1.54, 1.807) is 23.6 Å². The molecule has 0 aliphatic heterocycles. The standard InChI is InChI=1S/C22H22BrN3O2S/c23-17-9-7-16(8-10-17)19-14-29-22(25-18-4-2-1-3-5-18)26(19)24-13-15-6-11-20(27)21(28)12-15/h6-14,18,27-28H,1-5H2. The molecule has 2 aromatic carbocycles. The quantitative estimate of drug-likeness (QED) is 0.389. The Morgan fingerprint density at radius 3 is 2.48 bits per heavy atom. The number of aromatic hydroxyl groups is 2. The lowest BCUT2D eigenvalue weighted by molar-refractivity contribution is 0.403. The lowest BCUT2D eigenvalue weighted by Crippen LogP contribution is -2.19. The van der Waals surface area contributed by atoms with Crippen molar-refractivity contribution in [2.45, 2.75) is 38.1 Å². The molecule has 1 aliphatic carbocycles. The van der Waals surface area contributed by atoms with Gasteiger partial charge in [-0.1, -0.05) is 47.3 Å². The van der Waals surface area contributed by atoms with E-state index in [-0.39, 0.29) is 11.5 Å². The molecule has 1 heterocycles. The molecule has 2 N–H and O–H groups in total. The Morgan fingerprint density at radius 2 is 1.76 bits per heavy atom. The molecule has 0 saturated heterocycles. The van der Waals surface area contributed by atoms with Crippen LogP contribution in [0.5, 0.6) is 11.5 Å². The van der Waals surface area contributed by atoms with Gasteiger partial charge in [0.25, 0.3) is 0 Å². The Labute approximate surface area is 181 Å². The van der Waals surface area contributed by atoms with Gasteiger partial charge in [-0.2, -0.15) is 5.10 Å². The molecular weight excluding hydrogens is 450 g/mol. The van der Waals surface area contributed by atoms with Gasteiger partial charge in [-0.3, -0.25) is 4.99 Å². The van der Waals surface area contributed by atoms with Crippen LogP contribution in [0.25, 0.3) is 11.3 Å². The summed E-state index contributed by atoms with van der Waals surface area (Å²) in [7, 11) is 0. The van der Waals surface area contributed by atoms with E-state index in [2.05, 4.69) is 38.5 Å². The van der Waals surface area contributed by atoms with E-state index in [1.165, 1.54) is 31.4 Å². The van der Waals surface area contributed by atoms with Crippen molar-refractivity contribution < 1.29 is 10.2 Å². The summed E-state index contributed by atoms with van der Waals surface area (Å²) in [4.78, 5) is 5.86. The smallest absolute Gasteiger partial charge is 0.206 e. The molecule has 1 saturated carbocycles. The Balaban J connectivity index is 1.76. The van der Waals surface area contributed by atoms with Crippen LogP contribution in [0.2, 0.25) is 0 Å². The number of benzene rings is 2. The van der Waals surface area contributed by atoms with Crippen molar-refractivity contribution in [1.82, 2.24) is 4.68 Å². The number of hydrogen-bond acceptors (Lipinski definition) is 5. The topological polar surface area (TPSA) is 70.1 Å². The summed E-state index contributed by atoms with van der Waals surface area (Å²) in [6.45, 7) is 0. The predicted molar refractivity (Wildman–Crippen MR) is 121 cm³/mol. The van der Waals surface area contributed by atoms with Crippen LogP contribution in [-0.2, 0) is 0 Å². The zero-order valence-electron chi connectivity index (χ0n) is 15.8. The molecule has 0 amide bonds. The van der Waals surface area contributed by atoms with Crippen LogP contribution in [0.1, 0.15) is 37.7 Å². The normalized spacial score (nSPS) is 16.0. The summed E-state index contributed by atoms with van der Waals surface area (Å²) in [6, 6.07) is 13.1. The summed E-state index contributed by atoms with van der Waals surface area (Å²) in [5, 5.41) is 26.0. The van der Waals surface area contributed by atoms with Crippen LogP contribution in [0.15, 0.2) is 62.4 Å². The molecule has 0 atom stereocenters. The molecule has 1 aromatic heterocycles. The van der Waals surface area contributed by atoms with E-state index in [9.17, 15) is 10.2 Å². The first-order chi connectivity index (χ1) is 14.1. The van der Waals surface area contributed by atoms with Crippen LogP contribution in [0.4, 0.5) is 0 Å². The molecule has 29 heavy (non-hydrogen) atoms. The molecule has 0 spiro atoms. The van der Waals surface area contributed by atoms with Gasteiger partial charge in [0.2, 0.25) is 4.80 Å². The number of aromatic nitrogens is 1. The fourth-order valence-corrected chi connectivity index (χ4v) is 4.60. The maximum atomic E-state index is 9.75. The van der Waals surface area contributed by atoms with Gasteiger partial charge >= 0.3 is 0 Å². The number of thiazole rings is 1. The minimum Gasteiger partial charge on any atom is -0.504 e. The van der Waals surface area contributed by atoms with Gasteiger partial charge < -0.3 is 10.2 Å². The van der Waals surface area contributed by atoms with E-state index in [4.69, 9.17) is 4.99 Å². The third kappa shape index (κ3) is 4.79. The second kappa shape index (κ2) is 8.97. The molecule has 0 unspecified atom stereocenters. The van der Waals surface area contributed by atoms with Crippen LogP contribution in [0.3, 0.4) is 0 Å². The summed E-state index contributed by atoms with van der Waals surface area (Å²) < 4.78 is 2.89. The van der Waals surface area contributed by atoms with Crippen LogP contribution < -0.4 is 4.80 Å². The van der Waals surface area contributed by atoms with Crippen molar-refractivity contribution in [3.05, 3.63) is 62.7 Å². The number of nitrogens with zero attached hydrogens (tertiary/aromatic N) is 3. The lowest BCUT2D eigenvalue weighted by atomic mass is 9.96. The molecular formula is C22H22BrN3O2S. The number of rotatable bonds is 4. The van der Waals surface area contributed by atoms with Crippen molar-refractivity contribution >= 4 is 33.5 Å². The van der Waals surface area contributed by atoms with Gasteiger partial charge in [0.1, 0.15) is 0 Å². The fourth-order valence-electron chi connectivity index (χ4n) is 3.43. The maximum absolute atomic E-state index is 9.75. The van der Waals surface area contributed by atoms with E-state index in [0.29, 0.717) is 11.6 Å². The monoisotopic (exact) mass is 471 g/mol. The van der Waals surface area contributed by atoms with Gasteiger partial charge in [0.05, 0.1) is 18.0 Å². The van der Waals surface area contributed by atoms with Crippen molar-refractivity contribution in [3.8, 4) is 22.8 Å². The third-order valence-electron chi connectivity index (χ3n) is 5.01. The second-order valence-electron chi connectivity index (χ2n) is 7.14. The summed E-state index contributed by atoms with van der Waals surface area (Å²) in [6.07, 6.45) is 7.68. The first kappa shape index (κ1) is 19.9. The molecule has 0 bridgehead atoms. The van der Waals surface area contributed by atoms with E-state index < -0.39 is 0 Å². The highest BCUT2D eigenvalue weighted by molar-refractivity contribution is 9.10. The van der Waals surface area contributed by atoms with Crippen LogP contribution in [0, 0.1) is 0 Å². The Bertz CT molecular complexity index is 1080. The summed E-state index contributed by atoms with van der Waals surface area (Å²) in [5.74, 6) is -0.307.